The third-order valence-electron chi connectivity index (χ3n) is 4.10. The van der Waals surface area contributed by atoms with E-state index in [9.17, 15) is 9.59 Å². The van der Waals surface area contributed by atoms with E-state index in [1.165, 1.54) is 11.3 Å². The molecular weight excluding hydrogens is 328 g/mol. The zero-order valence-electron chi connectivity index (χ0n) is 14.3. The molecule has 0 radical (unpaired) electrons. The zero-order valence-corrected chi connectivity index (χ0v) is 15.1. The van der Waals surface area contributed by atoms with Crippen molar-refractivity contribution in [1.82, 2.24) is 20.1 Å². The fourth-order valence-electron chi connectivity index (χ4n) is 2.94. The molecule has 1 aromatic heterocycles. The van der Waals surface area contributed by atoms with Gasteiger partial charge in [-0.05, 0) is 27.2 Å². The molecule has 1 N–H and O–H groups in total. The molecule has 3 heterocycles. The molecule has 2 saturated heterocycles. The number of nitrogens with one attached hydrogen (secondary N) is 1. The van der Waals surface area contributed by atoms with Crippen LogP contribution in [0.25, 0.3) is 0 Å². The summed E-state index contributed by atoms with van der Waals surface area (Å²) in [6.07, 6.45) is 2.33. The van der Waals surface area contributed by atoms with Gasteiger partial charge in [0.25, 0.3) is 5.91 Å². The van der Waals surface area contributed by atoms with E-state index in [2.05, 4.69) is 10.3 Å². The first-order chi connectivity index (χ1) is 11.3. The van der Waals surface area contributed by atoms with Crippen molar-refractivity contribution in [2.75, 3.05) is 26.2 Å². The number of carbonyl (C=O) groups excluding carboxylic acids is 2. The molecule has 1 aromatic rings. The van der Waals surface area contributed by atoms with Crippen LogP contribution in [0.15, 0.2) is 11.6 Å². The van der Waals surface area contributed by atoms with Gasteiger partial charge in [0.1, 0.15) is 5.60 Å². The van der Waals surface area contributed by atoms with Crippen LogP contribution in [0.2, 0.25) is 0 Å². The highest BCUT2D eigenvalue weighted by Crippen LogP contribution is 2.19. The van der Waals surface area contributed by atoms with Gasteiger partial charge in [-0.1, -0.05) is 0 Å². The van der Waals surface area contributed by atoms with Gasteiger partial charge in [-0.3, -0.25) is 4.79 Å². The van der Waals surface area contributed by atoms with Gasteiger partial charge in [0.15, 0.2) is 5.01 Å². The van der Waals surface area contributed by atoms with Crippen LogP contribution >= 0.6 is 11.3 Å². The van der Waals surface area contributed by atoms with Crippen LogP contribution in [0.4, 0.5) is 4.79 Å². The third-order valence-corrected chi connectivity index (χ3v) is 4.86. The predicted octanol–water partition coefficient (Wildman–Crippen LogP) is 1.57. The first-order valence-electron chi connectivity index (χ1n) is 8.24. The Morgan fingerprint density at radius 2 is 1.96 bits per heavy atom. The molecule has 7 nitrogen and oxygen atoms in total. The Morgan fingerprint density at radius 1 is 1.25 bits per heavy atom. The smallest absolute Gasteiger partial charge is 0.410 e. The van der Waals surface area contributed by atoms with Gasteiger partial charge in [0, 0.05) is 49.8 Å². The molecule has 0 unspecified atom stereocenters. The first kappa shape index (κ1) is 17.2. The second-order valence-electron chi connectivity index (χ2n) is 7.32. The summed E-state index contributed by atoms with van der Waals surface area (Å²) in [4.78, 5) is 31.8. The molecule has 24 heavy (non-hydrogen) atoms. The van der Waals surface area contributed by atoms with Crippen LogP contribution in [-0.4, -0.2) is 70.6 Å². The van der Waals surface area contributed by atoms with Crippen molar-refractivity contribution in [1.29, 1.82) is 0 Å². The third kappa shape index (κ3) is 4.05. The van der Waals surface area contributed by atoms with Gasteiger partial charge in [0.2, 0.25) is 0 Å². The maximum atomic E-state index is 12.3. The fraction of sp³-hybridized carbons (Fsp3) is 0.688. The molecule has 0 aliphatic carbocycles. The minimum atomic E-state index is -0.461. The number of carbonyl (C=O) groups is 2. The highest BCUT2D eigenvalue weighted by Gasteiger charge is 2.36. The molecule has 2 fully saturated rings. The van der Waals surface area contributed by atoms with Crippen molar-refractivity contribution in [2.24, 2.45) is 0 Å². The van der Waals surface area contributed by atoms with Gasteiger partial charge >= 0.3 is 6.09 Å². The van der Waals surface area contributed by atoms with E-state index >= 15 is 0 Å². The van der Waals surface area contributed by atoms with E-state index in [1.54, 1.807) is 11.1 Å². The van der Waals surface area contributed by atoms with E-state index in [-0.39, 0.29) is 24.1 Å². The maximum absolute atomic E-state index is 12.3. The largest absolute Gasteiger partial charge is 0.444 e. The van der Waals surface area contributed by atoms with Crippen LogP contribution < -0.4 is 5.32 Å². The predicted molar refractivity (Wildman–Crippen MR) is 91.2 cm³/mol. The Balaban J connectivity index is 1.40. The van der Waals surface area contributed by atoms with Crippen LogP contribution in [0.1, 0.15) is 37.0 Å². The summed E-state index contributed by atoms with van der Waals surface area (Å²) in [5.74, 6) is 0.0123. The van der Waals surface area contributed by atoms with E-state index in [0.717, 1.165) is 13.0 Å². The summed E-state index contributed by atoms with van der Waals surface area (Å²) in [6, 6.07) is 0.553. The lowest BCUT2D eigenvalue weighted by molar-refractivity contribution is 0.00431. The highest BCUT2D eigenvalue weighted by molar-refractivity contribution is 7.11. The molecule has 0 aromatic carbocycles. The molecule has 1 atom stereocenters. The monoisotopic (exact) mass is 352 g/mol. The quantitative estimate of drug-likeness (QED) is 0.894. The minimum absolute atomic E-state index is 0.0123. The van der Waals surface area contributed by atoms with Crippen molar-refractivity contribution in [3.8, 4) is 0 Å². The first-order valence-corrected chi connectivity index (χ1v) is 9.12. The number of rotatable bonds is 3. The SMILES string of the molecule is CC(C)(C)OC(=O)N1CC(N[C@H]2CCN(C(=O)c3nccs3)C2)C1. The number of thiazole rings is 1. The molecule has 8 heteroatoms. The molecule has 2 aliphatic heterocycles. The van der Waals surface area contributed by atoms with E-state index in [0.29, 0.717) is 24.6 Å². The van der Waals surface area contributed by atoms with Gasteiger partial charge < -0.3 is 19.9 Å². The molecular formula is C16H24N4O3S. The Bertz CT molecular complexity index is 593. The van der Waals surface area contributed by atoms with Crippen molar-refractivity contribution >= 4 is 23.3 Å². The lowest BCUT2D eigenvalue weighted by Gasteiger charge is -2.41. The maximum Gasteiger partial charge on any atom is 0.410 e. The van der Waals surface area contributed by atoms with Crippen LogP contribution in [0, 0.1) is 0 Å². The average molecular weight is 352 g/mol. The van der Waals surface area contributed by atoms with Crippen molar-refractivity contribution in [2.45, 2.75) is 44.9 Å². The fourth-order valence-corrected chi connectivity index (χ4v) is 3.54. The van der Waals surface area contributed by atoms with Crippen molar-refractivity contribution in [3.05, 3.63) is 16.6 Å². The topological polar surface area (TPSA) is 74.8 Å². The van der Waals surface area contributed by atoms with Gasteiger partial charge in [-0.2, -0.15) is 0 Å². The standard InChI is InChI=1S/C16H24N4O3S/c1-16(2,3)23-15(22)20-9-12(10-20)18-11-4-6-19(8-11)14(21)13-17-5-7-24-13/h5,7,11-12,18H,4,6,8-10H2,1-3H3/t11-/m0/s1. The number of likely N-dealkylation sites (tertiary alicyclic amines) is 2. The Morgan fingerprint density at radius 3 is 2.58 bits per heavy atom. The molecule has 2 amide bonds. The van der Waals surface area contributed by atoms with E-state index in [1.807, 2.05) is 31.1 Å². The van der Waals surface area contributed by atoms with Crippen LogP contribution in [0.5, 0.6) is 0 Å². The number of hydrogen-bond donors (Lipinski definition) is 1. The molecule has 132 valence electrons. The summed E-state index contributed by atoms with van der Waals surface area (Å²) in [5, 5.41) is 5.90. The van der Waals surface area contributed by atoms with Gasteiger partial charge in [0.05, 0.1) is 0 Å². The second kappa shape index (κ2) is 6.68. The lowest BCUT2D eigenvalue weighted by atomic mass is 10.1. The highest BCUT2D eigenvalue weighted by atomic mass is 32.1. The average Bonchev–Trinajstić information content (AvgIpc) is 3.11. The van der Waals surface area contributed by atoms with Crippen LogP contribution in [0.3, 0.4) is 0 Å². The Hall–Kier alpha value is -1.67. The number of nitrogens with zero attached hydrogens (tertiary/aromatic N) is 3. The minimum Gasteiger partial charge on any atom is -0.444 e. The summed E-state index contributed by atoms with van der Waals surface area (Å²) in [5.41, 5.74) is -0.461. The number of hydrogen-bond acceptors (Lipinski definition) is 6. The molecule has 0 bridgehead atoms. The molecule has 0 spiro atoms. The second-order valence-corrected chi connectivity index (χ2v) is 8.22. The van der Waals surface area contributed by atoms with Gasteiger partial charge in [-0.15, -0.1) is 11.3 Å². The molecule has 2 aliphatic rings. The number of amides is 2. The van der Waals surface area contributed by atoms with Gasteiger partial charge in [-0.25, -0.2) is 9.78 Å². The molecule has 3 rings (SSSR count). The van der Waals surface area contributed by atoms with E-state index in [4.69, 9.17) is 4.74 Å². The molecule has 0 saturated carbocycles. The summed E-state index contributed by atoms with van der Waals surface area (Å²) >= 11 is 1.38. The van der Waals surface area contributed by atoms with Crippen LogP contribution in [-0.2, 0) is 4.74 Å². The van der Waals surface area contributed by atoms with E-state index < -0.39 is 5.60 Å². The van der Waals surface area contributed by atoms with Crippen molar-refractivity contribution < 1.29 is 14.3 Å². The summed E-state index contributed by atoms with van der Waals surface area (Å²) < 4.78 is 5.35. The summed E-state index contributed by atoms with van der Waals surface area (Å²) in [6.45, 7) is 8.37. The number of ether oxygens (including phenoxy) is 1. The Kier molecular flexibility index (Phi) is 4.78. The normalized spacial score (nSPS) is 21.7. The zero-order chi connectivity index (χ0) is 17.3. The summed E-state index contributed by atoms with van der Waals surface area (Å²) in [7, 11) is 0. The Labute approximate surface area is 146 Å². The van der Waals surface area contributed by atoms with Crippen molar-refractivity contribution in [3.63, 3.8) is 0 Å². The number of aromatic nitrogens is 1. The lowest BCUT2D eigenvalue weighted by Crippen LogP contribution is -2.62.